The molecule has 0 N–H and O–H groups in total. The Morgan fingerprint density at radius 2 is 1.73 bits per heavy atom. The fourth-order valence-electron chi connectivity index (χ4n) is 1.06. The first-order valence-electron chi connectivity index (χ1n) is 3.59. The molecule has 4 heteroatoms. The number of carbonyl (C=O) groups excluding carboxylic acids is 2. The molecule has 0 radical (unpaired) electrons. The Morgan fingerprint density at radius 3 is 2.09 bits per heavy atom. The lowest BCUT2D eigenvalue weighted by Gasteiger charge is -2.18. The van der Waals surface area contributed by atoms with Crippen LogP contribution in [0.3, 0.4) is 0 Å². The highest BCUT2D eigenvalue weighted by Gasteiger charge is 2.28. The molecule has 0 spiro atoms. The second kappa shape index (κ2) is 3.00. The van der Waals surface area contributed by atoms with E-state index in [-0.39, 0.29) is 11.8 Å². The molecule has 0 unspecified atom stereocenters. The maximum Gasteiger partial charge on any atom is 0.230 e. The molecule has 1 heterocycles. The van der Waals surface area contributed by atoms with Gasteiger partial charge in [0.05, 0.1) is 6.67 Å². The van der Waals surface area contributed by atoms with E-state index in [1.54, 1.807) is 4.90 Å². The zero-order chi connectivity index (χ0) is 8.43. The van der Waals surface area contributed by atoms with E-state index >= 15 is 0 Å². The molecule has 0 aromatic carbocycles. The normalized spacial score (nSPS) is 18.6. The molecule has 62 valence electrons. The topological polar surface area (TPSA) is 40.6 Å². The van der Waals surface area contributed by atoms with Gasteiger partial charge in [0.2, 0.25) is 11.8 Å². The first-order valence-corrected chi connectivity index (χ1v) is 3.59. The van der Waals surface area contributed by atoms with Crippen molar-refractivity contribution >= 4 is 11.8 Å². The van der Waals surface area contributed by atoms with E-state index in [0.717, 1.165) is 0 Å². The van der Waals surface area contributed by atoms with Gasteiger partial charge in [-0.05, 0) is 14.1 Å². The number of nitrogens with zero attached hydrogens (tertiary/aromatic N) is 2. The zero-order valence-corrected chi connectivity index (χ0v) is 6.83. The fraction of sp³-hybridized carbons (Fsp3) is 0.714. The third-order valence-corrected chi connectivity index (χ3v) is 1.58. The largest absolute Gasteiger partial charge is 0.292 e. The van der Waals surface area contributed by atoms with E-state index in [4.69, 9.17) is 0 Å². The second-order valence-corrected chi connectivity index (χ2v) is 2.94. The quantitative estimate of drug-likeness (QED) is 0.513. The van der Waals surface area contributed by atoms with Gasteiger partial charge in [0.25, 0.3) is 0 Å². The maximum absolute atomic E-state index is 11.0. The van der Waals surface area contributed by atoms with Crippen LogP contribution in [0.5, 0.6) is 0 Å². The number of imide groups is 1. The van der Waals surface area contributed by atoms with Gasteiger partial charge in [-0.1, -0.05) is 0 Å². The molecule has 0 atom stereocenters. The molecule has 1 aliphatic rings. The Morgan fingerprint density at radius 1 is 1.27 bits per heavy atom. The van der Waals surface area contributed by atoms with E-state index in [1.807, 2.05) is 14.1 Å². The number of carbonyl (C=O) groups is 2. The molecule has 11 heavy (non-hydrogen) atoms. The molecule has 0 aromatic rings. The lowest BCUT2D eigenvalue weighted by Crippen LogP contribution is -2.37. The summed E-state index contributed by atoms with van der Waals surface area (Å²) in [4.78, 5) is 25.1. The number of hydrogen-bond donors (Lipinski definition) is 0. The number of hydrogen-bond acceptors (Lipinski definition) is 3. The van der Waals surface area contributed by atoms with Gasteiger partial charge in [-0.2, -0.15) is 0 Å². The monoisotopic (exact) mass is 156 g/mol. The van der Waals surface area contributed by atoms with E-state index in [0.29, 0.717) is 19.5 Å². The van der Waals surface area contributed by atoms with Gasteiger partial charge in [0.15, 0.2) is 0 Å². The summed E-state index contributed by atoms with van der Waals surface area (Å²) in [6, 6.07) is 0. The van der Waals surface area contributed by atoms with Crippen LogP contribution >= 0.6 is 0 Å². The standard InChI is InChI=1S/C7H12N2O2/c1-8(2)5-9-6(10)3-4-7(9)11/h3-5H2,1-2H3. The van der Waals surface area contributed by atoms with Crippen molar-refractivity contribution in [2.45, 2.75) is 12.8 Å². The third kappa shape index (κ3) is 1.77. The van der Waals surface area contributed by atoms with Crippen LogP contribution in [-0.4, -0.2) is 42.4 Å². The Labute approximate surface area is 65.8 Å². The molecule has 0 aromatic heterocycles. The fourth-order valence-corrected chi connectivity index (χ4v) is 1.06. The molecular weight excluding hydrogens is 144 g/mol. The lowest BCUT2D eigenvalue weighted by atomic mass is 10.4. The number of amides is 2. The molecule has 4 nitrogen and oxygen atoms in total. The van der Waals surface area contributed by atoms with Crippen molar-refractivity contribution in [1.29, 1.82) is 0 Å². The summed E-state index contributed by atoms with van der Waals surface area (Å²) in [5.74, 6) is -0.104. The summed E-state index contributed by atoms with van der Waals surface area (Å²) >= 11 is 0. The summed E-state index contributed by atoms with van der Waals surface area (Å²) in [5, 5.41) is 0. The minimum Gasteiger partial charge on any atom is -0.292 e. The molecule has 1 fully saturated rings. The average Bonchev–Trinajstić information content (AvgIpc) is 2.18. The summed E-state index contributed by atoms with van der Waals surface area (Å²) in [5.41, 5.74) is 0. The van der Waals surface area contributed by atoms with Gasteiger partial charge in [-0.3, -0.25) is 19.4 Å². The van der Waals surface area contributed by atoms with Gasteiger partial charge in [-0.15, -0.1) is 0 Å². The summed E-state index contributed by atoms with van der Waals surface area (Å²) in [6.07, 6.45) is 0.763. The molecule has 1 rings (SSSR count). The Balaban J connectivity index is 2.55. The van der Waals surface area contributed by atoms with Crippen LogP contribution in [0.1, 0.15) is 12.8 Å². The van der Waals surface area contributed by atoms with Crippen LogP contribution in [0.4, 0.5) is 0 Å². The molecule has 0 bridgehead atoms. The van der Waals surface area contributed by atoms with Crippen LogP contribution in [0, 0.1) is 0 Å². The first-order chi connectivity index (χ1) is 5.11. The van der Waals surface area contributed by atoms with Gasteiger partial charge in [0, 0.05) is 12.8 Å². The predicted octanol–water partition coefficient (Wildman–Crippen LogP) is -0.346. The van der Waals surface area contributed by atoms with E-state index < -0.39 is 0 Å². The van der Waals surface area contributed by atoms with Crippen LogP contribution in [0.15, 0.2) is 0 Å². The molecule has 0 aliphatic carbocycles. The second-order valence-electron chi connectivity index (χ2n) is 2.94. The molecule has 1 aliphatic heterocycles. The minimum atomic E-state index is -0.0521. The van der Waals surface area contributed by atoms with E-state index in [1.165, 1.54) is 4.90 Å². The minimum absolute atomic E-state index is 0.0521. The Bertz CT molecular complexity index is 173. The van der Waals surface area contributed by atoms with Crippen molar-refractivity contribution in [2.75, 3.05) is 20.8 Å². The van der Waals surface area contributed by atoms with Gasteiger partial charge >= 0.3 is 0 Å². The third-order valence-electron chi connectivity index (χ3n) is 1.58. The Kier molecular flexibility index (Phi) is 2.24. The maximum atomic E-state index is 11.0. The molecule has 0 saturated carbocycles. The number of rotatable bonds is 2. The summed E-state index contributed by atoms with van der Waals surface area (Å²) in [7, 11) is 3.66. The van der Waals surface area contributed by atoms with Crippen molar-refractivity contribution in [3.05, 3.63) is 0 Å². The summed E-state index contributed by atoms with van der Waals surface area (Å²) < 4.78 is 0. The highest BCUT2D eigenvalue weighted by atomic mass is 16.2. The zero-order valence-electron chi connectivity index (χ0n) is 6.83. The van der Waals surface area contributed by atoms with Crippen molar-refractivity contribution in [1.82, 2.24) is 9.80 Å². The molecule has 2 amide bonds. The lowest BCUT2D eigenvalue weighted by molar-refractivity contribution is -0.140. The van der Waals surface area contributed by atoms with Crippen LogP contribution in [0.25, 0.3) is 0 Å². The van der Waals surface area contributed by atoms with Crippen molar-refractivity contribution < 1.29 is 9.59 Å². The van der Waals surface area contributed by atoms with Gasteiger partial charge in [0.1, 0.15) is 0 Å². The van der Waals surface area contributed by atoms with Crippen molar-refractivity contribution in [2.24, 2.45) is 0 Å². The van der Waals surface area contributed by atoms with E-state index in [2.05, 4.69) is 0 Å². The highest BCUT2D eigenvalue weighted by molar-refractivity contribution is 6.01. The smallest absolute Gasteiger partial charge is 0.230 e. The van der Waals surface area contributed by atoms with Crippen molar-refractivity contribution in [3.63, 3.8) is 0 Å². The summed E-state index contributed by atoms with van der Waals surface area (Å²) in [6.45, 7) is 0.414. The first kappa shape index (κ1) is 8.20. The van der Waals surface area contributed by atoms with Gasteiger partial charge < -0.3 is 0 Å². The van der Waals surface area contributed by atoms with Gasteiger partial charge in [-0.25, -0.2) is 0 Å². The van der Waals surface area contributed by atoms with Crippen LogP contribution in [0.2, 0.25) is 0 Å². The average molecular weight is 156 g/mol. The molecule has 1 saturated heterocycles. The molecular formula is C7H12N2O2. The SMILES string of the molecule is CN(C)CN1C(=O)CCC1=O. The highest BCUT2D eigenvalue weighted by Crippen LogP contribution is 2.10. The van der Waals surface area contributed by atoms with Crippen LogP contribution in [-0.2, 0) is 9.59 Å². The number of likely N-dealkylation sites (tertiary alicyclic amines) is 1. The van der Waals surface area contributed by atoms with E-state index in [9.17, 15) is 9.59 Å². The van der Waals surface area contributed by atoms with Crippen LogP contribution < -0.4 is 0 Å². The Hall–Kier alpha value is -0.900. The van der Waals surface area contributed by atoms with Crippen molar-refractivity contribution in [3.8, 4) is 0 Å². The predicted molar refractivity (Wildman–Crippen MR) is 39.6 cm³/mol.